The minimum Gasteiger partial charge on any atom is -0.494 e. The topological polar surface area (TPSA) is 65.7 Å². The Balaban J connectivity index is 1.39. The molecule has 0 aliphatic rings. The van der Waals surface area contributed by atoms with Crippen molar-refractivity contribution in [2.75, 3.05) is 13.2 Å². The highest BCUT2D eigenvalue weighted by atomic mass is 32.1. The van der Waals surface area contributed by atoms with Crippen molar-refractivity contribution in [3.63, 3.8) is 0 Å². The first kappa shape index (κ1) is 21.9. The Kier molecular flexibility index (Phi) is 6.10. The molecule has 0 unspecified atom stereocenters. The van der Waals surface area contributed by atoms with E-state index in [0.29, 0.717) is 18.8 Å². The lowest BCUT2D eigenvalue weighted by Gasteiger charge is -2.06. The molecule has 0 saturated carbocycles. The first-order valence-electron chi connectivity index (χ1n) is 11.1. The van der Waals surface area contributed by atoms with E-state index in [4.69, 9.17) is 14.6 Å². The number of rotatable bonds is 7. The van der Waals surface area contributed by atoms with Crippen LogP contribution in [0.3, 0.4) is 0 Å². The third kappa shape index (κ3) is 4.30. The van der Waals surface area contributed by atoms with Crippen LogP contribution in [0.4, 0.5) is 0 Å². The Morgan fingerprint density at radius 3 is 2.09 bits per heavy atom. The van der Waals surface area contributed by atoms with Gasteiger partial charge in [0.2, 0.25) is 4.96 Å². The molecule has 0 bridgehead atoms. The lowest BCUT2D eigenvalue weighted by Crippen LogP contribution is -2.04. The molecule has 0 atom stereocenters. The maximum Gasteiger partial charge on any atom is 0.338 e. The summed E-state index contributed by atoms with van der Waals surface area (Å²) in [5, 5.41) is 5.70. The molecule has 0 fully saturated rings. The Hall–Kier alpha value is -3.97. The fraction of sp³-hybridized carbons (Fsp3) is 0.148. The average molecular weight is 470 g/mol. The van der Waals surface area contributed by atoms with Crippen LogP contribution in [0.25, 0.3) is 37.9 Å². The van der Waals surface area contributed by atoms with Crippen molar-refractivity contribution in [3.05, 3.63) is 84.6 Å². The molecule has 0 spiro atoms. The molecule has 3 aromatic carbocycles. The van der Waals surface area contributed by atoms with Crippen molar-refractivity contribution in [3.8, 4) is 38.7 Å². The fourth-order valence-electron chi connectivity index (χ4n) is 3.71. The van der Waals surface area contributed by atoms with E-state index in [1.807, 2.05) is 35.7 Å². The van der Waals surface area contributed by atoms with Crippen LogP contribution >= 0.6 is 11.3 Å². The SMILES string of the molecule is CCOC(=O)c1ccc(-c2cnc3sc(-c4ccc(-c5ccc(OCC)cc5)cc4)nn23)cc1. The standard InChI is InChI=1S/C27H23N3O3S/c1-3-32-23-15-13-19(14-16-23)18-5-9-21(10-6-18)25-29-30-24(17-28-27(30)34-25)20-7-11-22(12-8-20)26(31)33-4-2/h5-17H,3-4H2,1-2H3. The maximum absolute atomic E-state index is 11.9. The molecule has 5 aromatic rings. The predicted octanol–water partition coefficient (Wildman–Crippen LogP) is 6.37. The fourth-order valence-corrected chi connectivity index (χ4v) is 4.59. The zero-order chi connectivity index (χ0) is 23.5. The van der Waals surface area contributed by atoms with Crippen molar-refractivity contribution in [2.24, 2.45) is 0 Å². The minimum absolute atomic E-state index is 0.322. The normalized spacial score (nSPS) is 11.0. The molecule has 7 heteroatoms. The predicted molar refractivity (Wildman–Crippen MR) is 134 cm³/mol. The van der Waals surface area contributed by atoms with Crippen molar-refractivity contribution >= 4 is 22.3 Å². The molecule has 170 valence electrons. The van der Waals surface area contributed by atoms with E-state index in [1.165, 1.54) is 11.3 Å². The van der Waals surface area contributed by atoms with E-state index in [-0.39, 0.29) is 5.97 Å². The van der Waals surface area contributed by atoms with Crippen LogP contribution in [0.2, 0.25) is 0 Å². The lowest BCUT2D eigenvalue weighted by atomic mass is 10.0. The van der Waals surface area contributed by atoms with Gasteiger partial charge in [-0.1, -0.05) is 59.9 Å². The summed E-state index contributed by atoms with van der Waals surface area (Å²) in [6.45, 7) is 4.79. The summed E-state index contributed by atoms with van der Waals surface area (Å²) in [6, 6.07) is 23.8. The molecule has 34 heavy (non-hydrogen) atoms. The van der Waals surface area contributed by atoms with Gasteiger partial charge in [0.15, 0.2) is 0 Å². The van der Waals surface area contributed by atoms with Crippen molar-refractivity contribution in [1.29, 1.82) is 0 Å². The van der Waals surface area contributed by atoms with Gasteiger partial charge in [0.25, 0.3) is 0 Å². The Morgan fingerprint density at radius 2 is 1.44 bits per heavy atom. The van der Waals surface area contributed by atoms with Gasteiger partial charge < -0.3 is 9.47 Å². The van der Waals surface area contributed by atoms with Crippen LogP contribution in [0, 0.1) is 0 Å². The second-order valence-corrected chi connectivity index (χ2v) is 8.53. The molecule has 0 N–H and O–H groups in total. The Labute approximate surface area is 201 Å². The van der Waals surface area contributed by atoms with Crippen LogP contribution < -0.4 is 4.74 Å². The highest BCUT2D eigenvalue weighted by molar-refractivity contribution is 7.19. The molecular weight excluding hydrogens is 446 g/mol. The van der Waals surface area contributed by atoms with Gasteiger partial charge in [-0.05, 0) is 49.2 Å². The third-order valence-electron chi connectivity index (χ3n) is 5.41. The number of nitrogens with zero attached hydrogens (tertiary/aromatic N) is 3. The van der Waals surface area contributed by atoms with E-state index >= 15 is 0 Å². The summed E-state index contributed by atoms with van der Waals surface area (Å²) >= 11 is 1.54. The number of esters is 1. The van der Waals surface area contributed by atoms with Crippen molar-refractivity contribution in [2.45, 2.75) is 13.8 Å². The largest absolute Gasteiger partial charge is 0.494 e. The van der Waals surface area contributed by atoms with Crippen molar-refractivity contribution < 1.29 is 14.3 Å². The zero-order valence-corrected chi connectivity index (χ0v) is 19.7. The molecule has 0 aliphatic carbocycles. The van der Waals surface area contributed by atoms with Gasteiger partial charge in [0, 0.05) is 11.1 Å². The van der Waals surface area contributed by atoms with Crippen LogP contribution in [-0.2, 0) is 4.74 Å². The zero-order valence-electron chi connectivity index (χ0n) is 18.9. The number of aromatic nitrogens is 3. The monoisotopic (exact) mass is 469 g/mol. The van der Waals surface area contributed by atoms with Crippen LogP contribution in [0.15, 0.2) is 79.0 Å². The minimum atomic E-state index is -0.322. The first-order chi connectivity index (χ1) is 16.7. The summed E-state index contributed by atoms with van der Waals surface area (Å²) in [5.41, 5.74) is 5.64. The van der Waals surface area contributed by atoms with E-state index in [9.17, 15) is 4.79 Å². The van der Waals surface area contributed by atoms with Gasteiger partial charge in [-0.3, -0.25) is 0 Å². The highest BCUT2D eigenvalue weighted by Gasteiger charge is 2.14. The molecule has 6 nitrogen and oxygen atoms in total. The maximum atomic E-state index is 11.9. The summed E-state index contributed by atoms with van der Waals surface area (Å²) in [4.78, 5) is 17.3. The van der Waals surface area contributed by atoms with Gasteiger partial charge >= 0.3 is 5.97 Å². The summed E-state index contributed by atoms with van der Waals surface area (Å²) in [5.74, 6) is 0.553. The molecular formula is C27H23N3O3S. The second kappa shape index (κ2) is 9.49. The number of carbonyl (C=O) groups is 1. The smallest absolute Gasteiger partial charge is 0.338 e. The molecule has 0 aliphatic heterocycles. The number of hydrogen-bond acceptors (Lipinski definition) is 6. The molecule has 0 radical (unpaired) electrons. The summed E-state index contributed by atoms with van der Waals surface area (Å²) in [7, 11) is 0. The lowest BCUT2D eigenvalue weighted by molar-refractivity contribution is 0.0526. The van der Waals surface area contributed by atoms with Crippen molar-refractivity contribution in [1.82, 2.24) is 14.6 Å². The number of benzene rings is 3. The first-order valence-corrected chi connectivity index (χ1v) is 11.9. The van der Waals surface area contributed by atoms with E-state index < -0.39 is 0 Å². The van der Waals surface area contributed by atoms with Gasteiger partial charge in [0.05, 0.1) is 30.7 Å². The molecule has 5 rings (SSSR count). The van der Waals surface area contributed by atoms with Crippen LogP contribution in [0.5, 0.6) is 5.75 Å². The van der Waals surface area contributed by atoms with Crippen LogP contribution in [0.1, 0.15) is 24.2 Å². The van der Waals surface area contributed by atoms with Gasteiger partial charge in [-0.2, -0.15) is 5.10 Å². The van der Waals surface area contributed by atoms with E-state index in [1.54, 1.807) is 25.3 Å². The summed E-state index contributed by atoms with van der Waals surface area (Å²) in [6.07, 6.45) is 1.80. The molecule has 2 heterocycles. The molecule has 0 amide bonds. The Bertz CT molecular complexity index is 1420. The number of hydrogen-bond donors (Lipinski definition) is 0. The second-order valence-electron chi connectivity index (χ2n) is 7.58. The summed E-state index contributed by atoms with van der Waals surface area (Å²) < 4.78 is 12.4. The number of fused-ring (bicyclic) bond motifs is 1. The number of ether oxygens (including phenoxy) is 2. The van der Waals surface area contributed by atoms with Crippen LogP contribution in [-0.4, -0.2) is 33.8 Å². The van der Waals surface area contributed by atoms with Gasteiger partial charge in [-0.15, -0.1) is 0 Å². The van der Waals surface area contributed by atoms with E-state index in [2.05, 4.69) is 41.4 Å². The highest BCUT2D eigenvalue weighted by Crippen LogP contribution is 2.31. The molecule has 2 aromatic heterocycles. The Morgan fingerprint density at radius 1 is 0.824 bits per heavy atom. The van der Waals surface area contributed by atoms with Gasteiger partial charge in [0.1, 0.15) is 10.8 Å². The average Bonchev–Trinajstić information content (AvgIpc) is 3.46. The third-order valence-corrected chi connectivity index (χ3v) is 6.38. The number of carbonyl (C=O) groups excluding carboxylic acids is 1. The van der Waals surface area contributed by atoms with Gasteiger partial charge in [-0.25, -0.2) is 14.3 Å². The van der Waals surface area contributed by atoms with E-state index in [0.717, 1.165) is 43.7 Å². The quantitative estimate of drug-likeness (QED) is 0.259. The number of imidazole rings is 1. The molecule has 0 saturated heterocycles.